The Kier molecular flexibility index (Phi) is 40.4. The van der Waals surface area contributed by atoms with Crippen LogP contribution in [0.3, 0.4) is 0 Å². The monoisotopic (exact) mass is 2020 g/mol. The SMILES string of the molecule is CC(C)OP(=O)(COc1ccc2c(c1)c(-c1ccc(F)cc1)c(/C=C/[C@@H](O)C[C@@H](O)CC(=O)O)n2C(C)C)OC(C)C.CC(C)OP(=O)(COc1ccc2c(c1)c(-c1ccc(F)cc1)c(/C=C/[C@@H]1C[C@@H](O)CC(=O)O1)n2C(C)C)OC(C)C.CC(C)OP(=O)(COc1ccc2c(c1)c(-c1ccc(F)cc1)c(/C=C/[C@@H]1C[C@H](CC(=O)OCC[Si](C)(C)C)OC(C(C)(C)C)(C(C)(C)C)O1)n2C(C)C)OC(C)C. The van der Waals surface area contributed by atoms with Crippen LogP contribution in [0.15, 0.2) is 146 Å². The van der Waals surface area contributed by atoms with Gasteiger partial charge in [0.1, 0.15) is 40.8 Å². The molecule has 0 bridgehead atoms. The molecule has 2 fully saturated rings. The number of carbonyl (C=O) groups is 3. The van der Waals surface area contributed by atoms with Gasteiger partial charge in [-0.25, -0.2) is 13.2 Å². The highest BCUT2D eigenvalue weighted by molar-refractivity contribution is 7.54. The second-order valence-corrected chi connectivity index (χ2v) is 52.9. The van der Waals surface area contributed by atoms with Gasteiger partial charge in [-0.15, -0.1) is 0 Å². The maximum absolute atomic E-state index is 14.4. The molecule has 26 nitrogen and oxygen atoms in total. The van der Waals surface area contributed by atoms with Gasteiger partial charge in [0.15, 0.2) is 24.8 Å². The Balaban J connectivity index is 0.000000239. The summed E-state index contributed by atoms with van der Waals surface area (Å²) in [5.74, 6) is -2.57. The number of esters is 2. The lowest BCUT2D eigenvalue weighted by molar-refractivity contribution is -0.389. The molecule has 770 valence electrons. The van der Waals surface area contributed by atoms with E-state index >= 15 is 0 Å². The molecule has 5 heterocycles. The van der Waals surface area contributed by atoms with Gasteiger partial charge in [-0.2, -0.15) is 0 Å². The van der Waals surface area contributed by atoms with E-state index in [2.05, 4.69) is 115 Å². The summed E-state index contributed by atoms with van der Waals surface area (Å²) in [6, 6.07) is 36.5. The maximum Gasteiger partial charge on any atom is 0.368 e. The largest absolute Gasteiger partial charge is 0.481 e. The Labute approximate surface area is 825 Å². The molecule has 0 amide bonds. The van der Waals surface area contributed by atoms with Crippen LogP contribution in [0.25, 0.3) is 84.3 Å². The minimum absolute atomic E-state index is 0.0163. The summed E-state index contributed by atoms with van der Waals surface area (Å²) in [7, 11) is -12.0. The van der Waals surface area contributed by atoms with Crippen molar-refractivity contribution in [1.29, 1.82) is 0 Å². The van der Waals surface area contributed by atoms with Crippen LogP contribution in [0.5, 0.6) is 17.2 Å². The van der Waals surface area contributed by atoms with Crippen molar-refractivity contribution in [3.63, 3.8) is 0 Å². The van der Waals surface area contributed by atoms with E-state index in [1.807, 2.05) is 90.1 Å². The van der Waals surface area contributed by atoms with Crippen LogP contribution < -0.4 is 14.2 Å². The lowest BCUT2D eigenvalue weighted by Gasteiger charge is -2.57. The fourth-order valence-corrected chi connectivity index (χ4v) is 23.6. The molecular formula is C107H149F3N3O23P3Si. The number of nitrogens with zero attached hydrogens (tertiary/aromatic N) is 3. The second kappa shape index (κ2) is 49.2. The third-order valence-corrected chi connectivity index (χ3v) is 30.0. The van der Waals surface area contributed by atoms with Crippen molar-refractivity contribution in [2.24, 2.45) is 10.8 Å². The third kappa shape index (κ3) is 31.9. The Hall–Kier alpha value is -8.77. The van der Waals surface area contributed by atoms with Crippen molar-refractivity contribution in [2.75, 3.05) is 25.7 Å². The Morgan fingerprint density at radius 2 is 0.829 bits per heavy atom. The molecule has 2 aliphatic heterocycles. The lowest BCUT2D eigenvalue weighted by Crippen LogP contribution is -2.63. The number of hydrogen-bond donors (Lipinski definition) is 4. The van der Waals surface area contributed by atoms with E-state index in [-0.39, 0.29) is 116 Å². The molecule has 6 aromatic carbocycles. The number of aromatic nitrogens is 3. The molecule has 2 saturated heterocycles. The van der Waals surface area contributed by atoms with Crippen LogP contribution in [0.4, 0.5) is 13.2 Å². The normalized spacial score (nSPS) is 17.0. The van der Waals surface area contributed by atoms with E-state index in [0.717, 1.165) is 83.5 Å². The van der Waals surface area contributed by atoms with E-state index in [1.165, 1.54) is 42.5 Å². The first kappa shape index (κ1) is 115. The highest BCUT2D eigenvalue weighted by atomic mass is 31.2. The average Bonchev–Trinajstić information content (AvgIpc) is 0.835. The van der Waals surface area contributed by atoms with Crippen LogP contribution in [-0.4, -0.2) is 165 Å². The summed E-state index contributed by atoms with van der Waals surface area (Å²) in [6.07, 6.45) is 4.09. The van der Waals surface area contributed by atoms with Gasteiger partial charge < -0.3 is 94.4 Å². The topological polar surface area (TPSA) is 318 Å². The van der Waals surface area contributed by atoms with E-state index in [1.54, 1.807) is 116 Å². The first-order valence-electron chi connectivity index (χ1n) is 48.4. The summed E-state index contributed by atoms with van der Waals surface area (Å²) in [5, 5.41) is 42.0. The van der Waals surface area contributed by atoms with Crippen molar-refractivity contribution in [3.8, 4) is 50.6 Å². The predicted octanol–water partition coefficient (Wildman–Crippen LogP) is 27.1. The summed E-state index contributed by atoms with van der Waals surface area (Å²) in [6.45, 7) is 53.7. The van der Waals surface area contributed by atoms with Gasteiger partial charge in [-0.1, -0.05) is 110 Å². The number of benzene rings is 6. The standard InChI is InChI=1S/C45H69FNO8PSi.C31H41FNO8P.C31H39FNO7P/c1-30(2)47-39-22-20-35(51-29-56(49,54-31(3)4)55-32(5)6)27-38(39)42(33-16-18-34(46)19-17-33)40(47)23-21-36-26-37(28-41(48)50-24-25-57(13,14)15)53-45(52-36,43(7,8)9)44(10,11)12;1-19(2)33-28-14-12-26(39-18-42(38,40-20(3)4)41-21(5)6)17-27(28)31(22-7-9-23(32)10-8-22)29(33)13-11-24(34)15-25(35)16-30(36)37;1-19(2)33-28-13-11-25(37-18-41(36,39-20(3)4)40-21(5)6)17-27(28)31(22-7-9-23(32)10-8-22)29(33)14-12-26-15-24(34)16-30(35)38-26/h16-23,27,30-32,36-37H,24-26,28-29H2,1-15H3;7-14,17,19-21,24-25,34-35H,15-16,18H2,1-6H3,(H,36,37);7-14,17,19-21,24,26,34H,15-16,18H2,1-6H3/b23-21+;13-11+;14-12+/t36-,37-;24-,25-;24-,26-/m111/s1. The molecule has 4 N–H and O–H groups in total. The molecular weight excluding hydrogens is 1870 g/mol. The van der Waals surface area contributed by atoms with E-state index in [9.17, 15) is 56.6 Å². The molecule has 140 heavy (non-hydrogen) atoms. The number of fused-ring (bicyclic) bond motifs is 3. The molecule has 0 saturated carbocycles. The molecule has 9 aromatic rings. The summed E-state index contributed by atoms with van der Waals surface area (Å²) >= 11 is 0. The Bertz CT molecular complexity index is 5840. The zero-order chi connectivity index (χ0) is 104. The molecule has 11 rings (SSSR count). The van der Waals surface area contributed by atoms with Gasteiger partial charge in [-0.3, -0.25) is 28.1 Å². The molecule has 0 radical (unpaired) electrons. The zero-order valence-electron chi connectivity index (χ0n) is 86.4. The molecule has 2 aliphatic rings. The number of halogens is 3. The predicted molar refractivity (Wildman–Crippen MR) is 551 cm³/mol. The summed E-state index contributed by atoms with van der Waals surface area (Å²) < 4.78 is 166. The first-order chi connectivity index (χ1) is 65.3. The number of carboxylic acid groups (broad SMARTS) is 1. The summed E-state index contributed by atoms with van der Waals surface area (Å²) in [5.41, 5.74) is 9.01. The maximum atomic E-state index is 14.4. The van der Waals surface area contributed by atoms with Crippen molar-refractivity contribution in [2.45, 2.75) is 328 Å². The van der Waals surface area contributed by atoms with Crippen molar-refractivity contribution in [1.82, 2.24) is 13.7 Å². The highest BCUT2D eigenvalue weighted by Crippen LogP contribution is 2.56. The smallest absolute Gasteiger partial charge is 0.368 e. The van der Waals surface area contributed by atoms with E-state index in [0.29, 0.717) is 42.4 Å². The van der Waals surface area contributed by atoms with Gasteiger partial charge >= 0.3 is 40.7 Å². The lowest BCUT2D eigenvalue weighted by atomic mass is 9.69. The average molecular weight is 2020 g/mol. The van der Waals surface area contributed by atoms with Crippen LogP contribution in [-0.2, 0) is 74.2 Å². The van der Waals surface area contributed by atoms with Gasteiger partial charge in [0.05, 0.1) is 93.0 Å². The number of aliphatic hydroxyl groups excluding tert-OH is 3. The van der Waals surface area contributed by atoms with Crippen LogP contribution in [0.2, 0.25) is 25.7 Å². The molecule has 6 atom stereocenters. The first-order valence-corrected chi connectivity index (χ1v) is 57.3. The second-order valence-electron chi connectivity index (χ2n) is 41.5. The minimum Gasteiger partial charge on any atom is -0.481 e. The van der Waals surface area contributed by atoms with Crippen LogP contribution >= 0.6 is 22.8 Å². The summed E-state index contributed by atoms with van der Waals surface area (Å²) in [4.78, 5) is 36.1. The number of carbonyl (C=O) groups excluding carboxylic acids is 2. The quantitative estimate of drug-likeness (QED) is 0.0157. The Morgan fingerprint density at radius 1 is 0.493 bits per heavy atom. The van der Waals surface area contributed by atoms with E-state index < -0.39 is 102 Å². The minimum atomic E-state index is -3.57. The molecule has 0 spiro atoms. The zero-order valence-corrected chi connectivity index (χ0v) is 90.1. The van der Waals surface area contributed by atoms with E-state index in [4.69, 9.17) is 65.4 Å². The number of aliphatic carboxylic acids is 1. The van der Waals surface area contributed by atoms with Gasteiger partial charge in [0.25, 0.3) is 0 Å². The third-order valence-electron chi connectivity index (χ3n) is 22.5. The van der Waals surface area contributed by atoms with Crippen LogP contribution in [0.1, 0.15) is 240 Å². The number of rotatable bonds is 42. The fourth-order valence-electron chi connectivity index (χ4n) is 17.6. The highest BCUT2D eigenvalue weighted by Gasteiger charge is 2.58. The van der Waals surface area contributed by atoms with Gasteiger partial charge in [0, 0.05) is 123 Å². The number of hydrogen-bond acceptors (Lipinski definition) is 22. The number of carboxylic acids is 1. The molecule has 0 aliphatic carbocycles. The van der Waals surface area contributed by atoms with Crippen molar-refractivity contribution >= 4 is 99.7 Å². The number of ether oxygens (including phenoxy) is 7. The van der Waals surface area contributed by atoms with Crippen molar-refractivity contribution in [3.05, 3.63) is 180 Å². The molecule has 0 unspecified atom stereocenters. The van der Waals surface area contributed by atoms with Crippen LogP contribution in [0, 0.1) is 28.3 Å². The fraction of sp³-hybridized carbons (Fsp3) is 0.523. The van der Waals surface area contributed by atoms with Gasteiger partial charge in [-0.05, 0) is 263 Å². The van der Waals surface area contributed by atoms with Crippen molar-refractivity contribution < 1.29 is 122 Å². The number of aliphatic hydroxyl groups is 3. The molecule has 3 aromatic heterocycles. The Morgan fingerprint density at radius 3 is 1.14 bits per heavy atom. The van der Waals surface area contributed by atoms with Gasteiger partial charge in [0.2, 0.25) is 0 Å². The number of cyclic esters (lactones) is 1. The molecule has 33 heteroatoms.